The molecule has 0 radical (unpaired) electrons. The summed E-state index contributed by atoms with van der Waals surface area (Å²) in [6.07, 6.45) is -1.52. The Morgan fingerprint density at radius 2 is 1.76 bits per heavy atom. The van der Waals surface area contributed by atoms with Crippen LogP contribution in [-0.2, 0) is 22.6 Å². The molecule has 42 heavy (non-hydrogen) atoms. The van der Waals surface area contributed by atoms with Crippen molar-refractivity contribution in [2.75, 3.05) is 13.0 Å². The van der Waals surface area contributed by atoms with Crippen molar-refractivity contribution in [3.63, 3.8) is 0 Å². The molecule has 3 N–H and O–H groups in total. The minimum atomic E-state index is -1.66. The lowest BCUT2D eigenvalue weighted by molar-refractivity contribution is -0.147. The number of benzene rings is 3. The van der Waals surface area contributed by atoms with E-state index in [4.69, 9.17) is 4.74 Å². The Bertz CT molecular complexity index is 1430. The van der Waals surface area contributed by atoms with Crippen LogP contribution < -0.4 is 15.4 Å². The van der Waals surface area contributed by atoms with Gasteiger partial charge in [-0.3, -0.25) is 14.4 Å². The van der Waals surface area contributed by atoms with E-state index >= 15 is 0 Å². The van der Waals surface area contributed by atoms with Gasteiger partial charge in [0.25, 0.3) is 11.8 Å². The number of aliphatic hydroxyl groups excluding tert-OH is 1. The maximum Gasteiger partial charge on any atom is 0.254 e. The van der Waals surface area contributed by atoms with E-state index in [9.17, 15) is 23.9 Å². The number of amides is 3. The molecule has 1 unspecified atom stereocenters. The van der Waals surface area contributed by atoms with Crippen LogP contribution in [0, 0.1) is 12.7 Å². The SMILES string of the molecule is COc1cccc(CNC(=O)C2N(C(=O)[C@@H](O)[C@H](Cc3ccccc3)NC(=O)c3cccc(F)c3C)CSC2(C)C)c1. The first kappa shape index (κ1) is 31.1. The Morgan fingerprint density at radius 3 is 2.48 bits per heavy atom. The summed E-state index contributed by atoms with van der Waals surface area (Å²) < 4.78 is 18.8. The van der Waals surface area contributed by atoms with Crippen LogP contribution in [0.3, 0.4) is 0 Å². The Hall–Kier alpha value is -3.89. The molecule has 1 aliphatic heterocycles. The molecule has 1 aliphatic rings. The fourth-order valence-corrected chi connectivity index (χ4v) is 6.17. The van der Waals surface area contributed by atoms with E-state index in [1.807, 2.05) is 68.4 Å². The first-order valence-electron chi connectivity index (χ1n) is 13.6. The van der Waals surface area contributed by atoms with Gasteiger partial charge in [0, 0.05) is 16.9 Å². The molecule has 0 bridgehead atoms. The molecule has 1 fully saturated rings. The summed E-state index contributed by atoms with van der Waals surface area (Å²) in [7, 11) is 1.57. The second-order valence-corrected chi connectivity index (χ2v) is 12.4. The molecule has 1 heterocycles. The number of nitrogens with one attached hydrogen (secondary N) is 2. The number of carbonyl (C=O) groups is 3. The maximum absolute atomic E-state index is 14.2. The Morgan fingerprint density at radius 1 is 1.07 bits per heavy atom. The van der Waals surface area contributed by atoms with Crippen molar-refractivity contribution >= 4 is 29.5 Å². The number of nitrogens with zero attached hydrogens (tertiary/aromatic N) is 1. The van der Waals surface area contributed by atoms with Crippen LogP contribution in [0.4, 0.5) is 4.39 Å². The third-order valence-electron chi connectivity index (χ3n) is 7.44. The lowest BCUT2D eigenvalue weighted by Crippen LogP contribution is -2.58. The number of halogens is 1. The van der Waals surface area contributed by atoms with E-state index in [0.29, 0.717) is 5.75 Å². The van der Waals surface area contributed by atoms with Gasteiger partial charge in [0.15, 0.2) is 6.10 Å². The van der Waals surface area contributed by atoms with Crippen LogP contribution in [0.15, 0.2) is 72.8 Å². The molecule has 3 aromatic rings. The summed E-state index contributed by atoms with van der Waals surface area (Å²) >= 11 is 1.43. The van der Waals surface area contributed by atoms with E-state index in [0.717, 1.165) is 11.1 Å². The van der Waals surface area contributed by atoms with Gasteiger partial charge in [0.1, 0.15) is 17.6 Å². The van der Waals surface area contributed by atoms with Gasteiger partial charge in [0.05, 0.1) is 19.0 Å². The molecule has 3 atom stereocenters. The third kappa shape index (κ3) is 7.11. The fraction of sp³-hybridized carbons (Fsp3) is 0.344. The summed E-state index contributed by atoms with van der Waals surface area (Å²) in [6.45, 7) is 5.49. The van der Waals surface area contributed by atoms with Crippen LogP contribution in [0.25, 0.3) is 0 Å². The minimum absolute atomic E-state index is 0.111. The third-order valence-corrected chi connectivity index (χ3v) is 8.81. The van der Waals surface area contributed by atoms with E-state index in [-0.39, 0.29) is 35.9 Å². The van der Waals surface area contributed by atoms with Gasteiger partial charge < -0.3 is 25.4 Å². The summed E-state index contributed by atoms with van der Waals surface area (Å²) in [5.41, 5.74) is 1.90. The zero-order valence-corrected chi connectivity index (χ0v) is 24.9. The maximum atomic E-state index is 14.2. The molecule has 3 aromatic carbocycles. The molecular formula is C32H36FN3O5S. The van der Waals surface area contributed by atoms with Crippen molar-refractivity contribution in [2.45, 2.75) is 56.7 Å². The molecule has 3 amide bonds. The number of hydrogen-bond acceptors (Lipinski definition) is 6. The number of hydrogen-bond donors (Lipinski definition) is 3. The zero-order valence-electron chi connectivity index (χ0n) is 24.1. The largest absolute Gasteiger partial charge is 0.497 e. The number of ether oxygens (including phenoxy) is 1. The van der Waals surface area contributed by atoms with Crippen molar-refractivity contribution in [2.24, 2.45) is 0 Å². The molecule has 4 rings (SSSR count). The predicted molar refractivity (Wildman–Crippen MR) is 161 cm³/mol. The normalized spacial score (nSPS) is 17.3. The highest BCUT2D eigenvalue weighted by Gasteiger charge is 2.49. The number of thioether (sulfide) groups is 1. The van der Waals surface area contributed by atoms with Crippen molar-refractivity contribution in [3.05, 3.63) is 101 Å². The number of methoxy groups -OCH3 is 1. The van der Waals surface area contributed by atoms with Gasteiger partial charge in [-0.25, -0.2) is 4.39 Å². The quantitative estimate of drug-likeness (QED) is 0.330. The highest BCUT2D eigenvalue weighted by molar-refractivity contribution is 8.00. The average Bonchev–Trinajstić information content (AvgIpc) is 3.31. The molecule has 0 aromatic heterocycles. The second kappa shape index (κ2) is 13.4. The summed E-state index contributed by atoms with van der Waals surface area (Å²) in [5.74, 6) is -1.31. The molecule has 0 saturated carbocycles. The lowest BCUT2D eigenvalue weighted by atomic mass is 9.96. The summed E-state index contributed by atoms with van der Waals surface area (Å²) in [4.78, 5) is 41.9. The number of carbonyl (C=O) groups excluding carboxylic acids is 3. The molecule has 222 valence electrons. The van der Waals surface area contributed by atoms with Crippen LogP contribution in [0.5, 0.6) is 5.75 Å². The van der Waals surface area contributed by atoms with E-state index in [1.165, 1.54) is 41.8 Å². The predicted octanol–water partition coefficient (Wildman–Crippen LogP) is 3.84. The van der Waals surface area contributed by atoms with Crippen molar-refractivity contribution in [1.82, 2.24) is 15.5 Å². The van der Waals surface area contributed by atoms with Crippen molar-refractivity contribution in [1.29, 1.82) is 0 Å². The Labute approximate surface area is 249 Å². The van der Waals surface area contributed by atoms with Gasteiger partial charge in [-0.1, -0.05) is 48.5 Å². The Balaban J connectivity index is 1.55. The summed E-state index contributed by atoms with van der Waals surface area (Å²) in [6, 6.07) is 18.7. The number of rotatable bonds is 10. The Kier molecular flexibility index (Phi) is 9.90. The topological polar surface area (TPSA) is 108 Å². The zero-order chi connectivity index (χ0) is 30.4. The van der Waals surface area contributed by atoms with Crippen LogP contribution in [-0.4, -0.2) is 63.6 Å². The van der Waals surface area contributed by atoms with Gasteiger partial charge >= 0.3 is 0 Å². The average molecular weight is 594 g/mol. The van der Waals surface area contributed by atoms with Gasteiger partial charge in [-0.2, -0.15) is 0 Å². The molecule has 0 spiro atoms. The fourth-order valence-electron chi connectivity index (χ4n) is 5.03. The van der Waals surface area contributed by atoms with E-state index in [2.05, 4.69) is 10.6 Å². The van der Waals surface area contributed by atoms with Crippen molar-refractivity contribution < 1.29 is 28.6 Å². The highest BCUT2D eigenvalue weighted by Crippen LogP contribution is 2.40. The van der Waals surface area contributed by atoms with E-state index < -0.39 is 40.6 Å². The minimum Gasteiger partial charge on any atom is -0.497 e. The molecule has 1 saturated heterocycles. The molecule has 10 heteroatoms. The lowest BCUT2D eigenvalue weighted by Gasteiger charge is -2.33. The van der Waals surface area contributed by atoms with Crippen LogP contribution >= 0.6 is 11.8 Å². The van der Waals surface area contributed by atoms with Gasteiger partial charge in [-0.05, 0) is 68.1 Å². The second-order valence-electron chi connectivity index (χ2n) is 10.8. The molecule has 8 nitrogen and oxygen atoms in total. The molecule has 0 aliphatic carbocycles. The van der Waals surface area contributed by atoms with E-state index in [1.54, 1.807) is 7.11 Å². The highest BCUT2D eigenvalue weighted by atomic mass is 32.2. The van der Waals surface area contributed by atoms with Gasteiger partial charge in [-0.15, -0.1) is 11.8 Å². The first-order chi connectivity index (χ1) is 20.0. The molecular weight excluding hydrogens is 557 g/mol. The smallest absolute Gasteiger partial charge is 0.254 e. The monoisotopic (exact) mass is 593 g/mol. The standard InChI is InChI=1S/C32H36FN3O5S/c1-20-24(14-9-15-25(20)33)29(38)35-26(17-21-10-6-5-7-11-21)27(37)31(40)36-19-42-32(2,3)28(36)30(39)34-18-22-12-8-13-23(16-22)41-4/h5-16,26-28,37H,17-19H2,1-4H3,(H,34,39)(H,35,38)/t26-,27-,28?/m0/s1. The van der Waals surface area contributed by atoms with Crippen LogP contribution in [0.1, 0.15) is 40.9 Å². The first-order valence-corrected chi connectivity index (χ1v) is 14.6. The number of aliphatic hydroxyl groups is 1. The van der Waals surface area contributed by atoms with Crippen LogP contribution in [0.2, 0.25) is 0 Å². The van der Waals surface area contributed by atoms with Gasteiger partial charge in [0.2, 0.25) is 5.91 Å². The van der Waals surface area contributed by atoms with Crippen molar-refractivity contribution in [3.8, 4) is 5.75 Å². The summed E-state index contributed by atoms with van der Waals surface area (Å²) in [5, 5.41) is 17.1.